The molecule has 0 aromatic heterocycles. The van der Waals surface area contributed by atoms with Gasteiger partial charge >= 0.3 is 0 Å². The molecule has 23 heavy (non-hydrogen) atoms. The van der Waals surface area contributed by atoms with Gasteiger partial charge in [-0.25, -0.2) is 0 Å². The molecule has 0 spiro atoms. The Hall–Kier alpha value is -0.570. The number of hydrogen-bond donors (Lipinski definition) is 2. The van der Waals surface area contributed by atoms with Crippen LogP contribution in [0.5, 0.6) is 0 Å². The van der Waals surface area contributed by atoms with E-state index in [4.69, 9.17) is 0 Å². The zero-order valence-electron chi connectivity index (χ0n) is 15.5. The van der Waals surface area contributed by atoms with Crippen LogP contribution in [0.1, 0.15) is 110 Å². The van der Waals surface area contributed by atoms with Gasteiger partial charge in [-0.15, -0.1) is 0 Å². The van der Waals surface area contributed by atoms with Gasteiger partial charge in [0.15, 0.2) is 0 Å². The maximum Gasteiger partial charge on any atom is 0.0739 e. The molecule has 2 N–H and O–H groups in total. The molecule has 1 aliphatic carbocycles. The second-order valence-corrected chi connectivity index (χ2v) is 7.23. The third kappa shape index (κ3) is 10.8. The van der Waals surface area contributed by atoms with Crippen LogP contribution < -0.4 is 5.32 Å². The van der Waals surface area contributed by atoms with Crippen molar-refractivity contribution in [3.8, 4) is 0 Å². The Morgan fingerprint density at radius 1 is 0.870 bits per heavy atom. The first-order chi connectivity index (χ1) is 11.4. The number of nitrogens with zero attached hydrogens (tertiary/aromatic N) is 1. The summed E-state index contributed by atoms with van der Waals surface area (Å²) in [5.41, 5.74) is 0.983. The van der Waals surface area contributed by atoms with Gasteiger partial charge in [0.05, 0.1) is 5.71 Å². The SMILES string of the molecule is CCCCCCCCCCCCNC1CCCCCCC1=NO. The van der Waals surface area contributed by atoms with Crippen LogP contribution in [0.15, 0.2) is 5.16 Å². The third-order valence-corrected chi connectivity index (χ3v) is 5.13. The van der Waals surface area contributed by atoms with Crippen molar-refractivity contribution in [1.82, 2.24) is 5.32 Å². The lowest BCUT2D eigenvalue weighted by atomic mass is 9.95. The largest absolute Gasteiger partial charge is 0.411 e. The van der Waals surface area contributed by atoms with E-state index in [2.05, 4.69) is 17.4 Å². The minimum Gasteiger partial charge on any atom is -0.411 e. The van der Waals surface area contributed by atoms with Crippen molar-refractivity contribution in [2.24, 2.45) is 5.16 Å². The Kier molecular flexibility index (Phi) is 13.3. The summed E-state index contributed by atoms with van der Waals surface area (Å²) in [6.45, 7) is 3.35. The van der Waals surface area contributed by atoms with Gasteiger partial charge < -0.3 is 10.5 Å². The molecule has 0 aliphatic heterocycles. The maximum absolute atomic E-state index is 9.20. The fourth-order valence-corrected chi connectivity index (χ4v) is 3.58. The van der Waals surface area contributed by atoms with Gasteiger partial charge in [-0.2, -0.15) is 0 Å². The van der Waals surface area contributed by atoms with E-state index in [0.717, 1.165) is 25.1 Å². The smallest absolute Gasteiger partial charge is 0.0739 e. The number of hydrogen-bond acceptors (Lipinski definition) is 3. The summed E-state index contributed by atoms with van der Waals surface area (Å²) in [4.78, 5) is 0. The van der Waals surface area contributed by atoms with Gasteiger partial charge in [-0.05, 0) is 32.2 Å². The van der Waals surface area contributed by atoms with Crippen LogP contribution in [0.2, 0.25) is 0 Å². The summed E-state index contributed by atoms with van der Waals surface area (Å²) in [5, 5.41) is 16.4. The summed E-state index contributed by atoms with van der Waals surface area (Å²) in [7, 11) is 0. The van der Waals surface area contributed by atoms with Crippen molar-refractivity contribution in [3.05, 3.63) is 0 Å². The zero-order valence-corrected chi connectivity index (χ0v) is 15.5. The van der Waals surface area contributed by atoms with Gasteiger partial charge in [0.1, 0.15) is 0 Å². The normalized spacial score (nSPS) is 21.3. The van der Waals surface area contributed by atoms with Gasteiger partial charge in [-0.1, -0.05) is 89.1 Å². The highest BCUT2D eigenvalue weighted by atomic mass is 16.4. The highest BCUT2D eigenvalue weighted by molar-refractivity contribution is 5.89. The number of rotatable bonds is 12. The molecule has 1 aliphatic rings. The Morgan fingerprint density at radius 3 is 2.13 bits per heavy atom. The molecule has 1 unspecified atom stereocenters. The van der Waals surface area contributed by atoms with E-state index in [1.54, 1.807) is 0 Å². The van der Waals surface area contributed by atoms with E-state index in [0.29, 0.717) is 6.04 Å². The molecule has 136 valence electrons. The van der Waals surface area contributed by atoms with Crippen LogP contribution >= 0.6 is 0 Å². The first-order valence-electron chi connectivity index (χ1n) is 10.3. The lowest BCUT2D eigenvalue weighted by Crippen LogP contribution is -2.38. The van der Waals surface area contributed by atoms with E-state index in [1.807, 2.05) is 0 Å². The maximum atomic E-state index is 9.20. The predicted molar refractivity (Wildman–Crippen MR) is 101 cm³/mol. The van der Waals surface area contributed by atoms with Crippen LogP contribution in [0.25, 0.3) is 0 Å². The first kappa shape index (κ1) is 20.5. The molecule has 0 bridgehead atoms. The molecule has 1 atom stereocenters. The highest BCUT2D eigenvalue weighted by Gasteiger charge is 2.17. The monoisotopic (exact) mass is 324 g/mol. The summed E-state index contributed by atoms with van der Waals surface area (Å²) in [6.07, 6.45) is 21.0. The minimum absolute atomic E-state index is 0.318. The second kappa shape index (κ2) is 15.0. The Balaban J connectivity index is 1.96. The van der Waals surface area contributed by atoms with Crippen molar-refractivity contribution in [2.75, 3.05) is 6.54 Å². The fraction of sp³-hybridized carbons (Fsp3) is 0.950. The van der Waals surface area contributed by atoms with E-state index in [9.17, 15) is 5.21 Å². The molecule has 0 aromatic rings. The molecular formula is C20H40N2O. The van der Waals surface area contributed by atoms with Crippen molar-refractivity contribution in [2.45, 2.75) is 116 Å². The average Bonchev–Trinajstić information content (AvgIpc) is 2.54. The molecule has 0 radical (unpaired) electrons. The molecule has 0 amide bonds. The van der Waals surface area contributed by atoms with Crippen LogP contribution in [-0.2, 0) is 0 Å². The Morgan fingerprint density at radius 2 is 1.48 bits per heavy atom. The van der Waals surface area contributed by atoms with Crippen molar-refractivity contribution in [3.63, 3.8) is 0 Å². The Labute approximate surface area is 144 Å². The van der Waals surface area contributed by atoms with Crippen molar-refractivity contribution < 1.29 is 5.21 Å². The second-order valence-electron chi connectivity index (χ2n) is 7.23. The lowest BCUT2D eigenvalue weighted by molar-refractivity contribution is 0.311. The molecule has 0 aromatic carbocycles. The van der Waals surface area contributed by atoms with Crippen molar-refractivity contribution >= 4 is 5.71 Å². The predicted octanol–water partition coefficient (Wildman–Crippen LogP) is 6.05. The molecule has 1 rings (SSSR count). The molecular weight excluding hydrogens is 284 g/mol. The average molecular weight is 325 g/mol. The standard InChI is InChI=1S/C20H40N2O/c1-2-3-4-5-6-7-8-9-12-15-18-21-19-16-13-10-11-14-17-20(19)22-23/h19,21,23H,2-18H2,1H3. The van der Waals surface area contributed by atoms with Crippen LogP contribution in [0.3, 0.4) is 0 Å². The highest BCUT2D eigenvalue weighted by Crippen LogP contribution is 2.16. The lowest BCUT2D eigenvalue weighted by Gasteiger charge is -2.22. The Bertz CT molecular complexity index is 291. The number of nitrogens with one attached hydrogen (secondary N) is 1. The number of unbranched alkanes of at least 4 members (excludes halogenated alkanes) is 9. The van der Waals surface area contributed by atoms with Crippen LogP contribution in [0, 0.1) is 0 Å². The molecule has 3 heteroatoms. The molecule has 0 heterocycles. The summed E-state index contributed by atoms with van der Waals surface area (Å²) in [6, 6.07) is 0.318. The zero-order chi connectivity index (χ0) is 16.6. The molecule has 0 saturated heterocycles. The first-order valence-corrected chi connectivity index (χ1v) is 10.3. The van der Waals surface area contributed by atoms with Crippen LogP contribution in [0.4, 0.5) is 0 Å². The molecule has 3 nitrogen and oxygen atoms in total. The topological polar surface area (TPSA) is 44.6 Å². The van der Waals surface area contributed by atoms with Crippen LogP contribution in [-0.4, -0.2) is 23.5 Å². The fourth-order valence-electron chi connectivity index (χ4n) is 3.58. The molecule has 1 fully saturated rings. The quantitative estimate of drug-likeness (QED) is 0.261. The summed E-state index contributed by atoms with van der Waals surface area (Å²) in [5.74, 6) is 0. The van der Waals surface area contributed by atoms with Crippen molar-refractivity contribution in [1.29, 1.82) is 0 Å². The van der Waals surface area contributed by atoms with Gasteiger partial charge in [0.25, 0.3) is 0 Å². The van der Waals surface area contributed by atoms with E-state index < -0.39 is 0 Å². The van der Waals surface area contributed by atoms with E-state index in [1.165, 1.54) is 89.9 Å². The minimum atomic E-state index is 0.318. The number of oxime groups is 1. The van der Waals surface area contributed by atoms with E-state index >= 15 is 0 Å². The summed E-state index contributed by atoms with van der Waals surface area (Å²) < 4.78 is 0. The van der Waals surface area contributed by atoms with Gasteiger partial charge in [-0.3, -0.25) is 0 Å². The van der Waals surface area contributed by atoms with Gasteiger partial charge in [0, 0.05) is 6.04 Å². The van der Waals surface area contributed by atoms with E-state index in [-0.39, 0.29) is 0 Å². The van der Waals surface area contributed by atoms with Gasteiger partial charge in [0.2, 0.25) is 0 Å². The summed E-state index contributed by atoms with van der Waals surface area (Å²) >= 11 is 0. The molecule has 1 saturated carbocycles. The third-order valence-electron chi connectivity index (χ3n) is 5.13.